The van der Waals surface area contributed by atoms with Gasteiger partial charge in [0.2, 0.25) is 0 Å². The van der Waals surface area contributed by atoms with Gasteiger partial charge in [-0.25, -0.2) is 4.98 Å². The van der Waals surface area contributed by atoms with Gasteiger partial charge in [-0.1, -0.05) is 18.2 Å². The molecular formula is C17H18N2O3S. The van der Waals surface area contributed by atoms with Crippen molar-refractivity contribution in [2.75, 3.05) is 6.61 Å². The average molecular weight is 330 g/mol. The molecule has 0 bridgehead atoms. The molecular weight excluding hydrogens is 312 g/mol. The van der Waals surface area contributed by atoms with Crippen molar-refractivity contribution in [1.82, 2.24) is 9.55 Å². The van der Waals surface area contributed by atoms with Gasteiger partial charge in [-0.2, -0.15) is 0 Å². The molecule has 23 heavy (non-hydrogen) atoms. The van der Waals surface area contributed by atoms with Crippen LogP contribution in [0.5, 0.6) is 0 Å². The van der Waals surface area contributed by atoms with Gasteiger partial charge in [-0.05, 0) is 30.5 Å². The van der Waals surface area contributed by atoms with Crippen LogP contribution in [0.2, 0.25) is 0 Å². The summed E-state index contributed by atoms with van der Waals surface area (Å²) < 4.78 is 7.01. The van der Waals surface area contributed by atoms with Crippen LogP contribution in [0.3, 0.4) is 0 Å². The van der Waals surface area contributed by atoms with E-state index < -0.39 is 6.10 Å². The van der Waals surface area contributed by atoms with Crippen LogP contribution in [0.4, 0.5) is 0 Å². The van der Waals surface area contributed by atoms with Gasteiger partial charge in [-0.3, -0.25) is 9.36 Å². The van der Waals surface area contributed by atoms with E-state index in [1.807, 2.05) is 35.7 Å². The molecule has 3 aromatic rings. The van der Waals surface area contributed by atoms with Crippen LogP contribution in [0.15, 0.2) is 46.6 Å². The fourth-order valence-electron chi connectivity index (χ4n) is 2.45. The van der Waals surface area contributed by atoms with E-state index in [0.29, 0.717) is 23.3 Å². The second-order valence-corrected chi connectivity index (χ2v) is 6.37. The van der Waals surface area contributed by atoms with Crippen LogP contribution in [0, 0.1) is 6.92 Å². The van der Waals surface area contributed by atoms with Crippen molar-refractivity contribution >= 4 is 22.2 Å². The number of hydrogen-bond acceptors (Lipinski definition) is 5. The fourth-order valence-corrected chi connectivity index (χ4v) is 3.09. The Kier molecular flexibility index (Phi) is 4.85. The molecule has 0 saturated carbocycles. The first-order valence-corrected chi connectivity index (χ1v) is 8.27. The summed E-state index contributed by atoms with van der Waals surface area (Å²) in [4.78, 5) is 18.1. The molecule has 0 unspecified atom stereocenters. The van der Waals surface area contributed by atoms with Crippen LogP contribution in [-0.4, -0.2) is 27.4 Å². The molecule has 0 spiro atoms. The molecule has 3 rings (SSSR count). The largest absolute Gasteiger partial charge is 0.389 e. The Hall–Kier alpha value is -2.02. The van der Waals surface area contributed by atoms with Gasteiger partial charge in [0.1, 0.15) is 5.82 Å². The highest BCUT2D eigenvalue weighted by atomic mass is 32.1. The third-order valence-corrected chi connectivity index (χ3v) is 4.43. The number of ether oxygens (including phenoxy) is 1. The first-order valence-electron chi connectivity index (χ1n) is 7.39. The molecule has 0 fully saturated rings. The second kappa shape index (κ2) is 7.04. The second-order valence-electron chi connectivity index (χ2n) is 5.34. The van der Waals surface area contributed by atoms with E-state index in [9.17, 15) is 9.90 Å². The number of hydrogen-bond donors (Lipinski definition) is 1. The molecule has 0 aliphatic carbocycles. The molecule has 120 valence electrons. The van der Waals surface area contributed by atoms with Crippen LogP contribution in [-0.2, 0) is 17.9 Å². The normalized spacial score (nSPS) is 12.6. The zero-order valence-electron chi connectivity index (χ0n) is 12.8. The molecule has 0 saturated heterocycles. The lowest BCUT2D eigenvalue weighted by Crippen LogP contribution is -2.31. The number of para-hydroxylation sites is 1. The lowest BCUT2D eigenvalue weighted by molar-refractivity contribution is 0.0205. The summed E-state index contributed by atoms with van der Waals surface area (Å²) in [6, 6.07) is 11.2. The van der Waals surface area contributed by atoms with Crippen molar-refractivity contribution in [3.8, 4) is 0 Å². The Balaban J connectivity index is 1.69. The highest BCUT2D eigenvalue weighted by Crippen LogP contribution is 2.10. The number of rotatable bonds is 6. The Labute approximate surface area is 137 Å². The van der Waals surface area contributed by atoms with Crippen molar-refractivity contribution in [1.29, 1.82) is 0 Å². The minimum absolute atomic E-state index is 0.134. The summed E-state index contributed by atoms with van der Waals surface area (Å²) in [6.45, 7) is 2.59. The number of aryl methyl sites for hydroxylation is 1. The number of nitrogens with zero attached hydrogens (tertiary/aromatic N) is 2. The fraction of sp³-hybridized carbons (Fsp3) is 0.294. The van der Waals surface area contributed by atoms with E-state index in [1.165, 1.54) is 4.57 Å². The Bertz CT molecular complexity index is 843. The number of aliphatic hydroxyl groups excluding tert-OH is 1. The van der Waals surface area contributed by atoms with E-state index in [0.717, 1.165) is 4.88 Å². The smallest absolute Gasteiger partial charge is 0.261 e. The first kappa shape index (κ1) is 15.9. The Morgan fingerprint density at radius 2 is 2.13 bits per heavy atom. The van der Waals surface area contributed by atoms with Gasteiger partial charge in [0.15, 0.2) is 0 Å². The van der Waals surface area contributed by atoms with E-state index in [4.69, 9.17) is 4.74 Å². The Morgan fingerprint density at radius 3 is 2.91 bits per heavy atom. The number of aromatic nitrogens is 2. The van der Waals surface area contributed by atoms with Crippen molar-refractivity contribution < 1.29 is 9.84 Å². The first-order chi connectivity index (χ1) is 11.1. The Morgan fingerprint density at radius 1 is 1.30 bits per heavy atom. The summed E-state index contributed by atoms with van der Waals surface area (Å²) in [7, 11) is 0. The molecule has 5 nitrogen and oxygen atoms in total. The highest BCUT2D eigenvalue weighted by Gasteiger charge is 2.12. The van der Waals surface area contributed by atoms with Gasteiger partial charge >= 0.3 is 0 Å². The van der Waals surface area contributed by atoms with E-state index >= 15 is 0 Å². The minimum Gasteiger partial charge on any atom is -0.389 e. The third kappa shape index (κ3) is 3.67. The summed E-state index contributed by atoms with van der Waals surface area (Å²) in [5, 5.41) is 12.7. The maximum atomic E-state index is 12.5. The van der Waals surface area contributed by atoms with Crippen molar-refractivity contribution in [2.24, 2.45) is 0 Å². The molecule has 2 aromatic heterocycles. The SMILES string of the molecule is Cc1nc2ccccc2c(=O)n1C[C@H](O)COCc1cccs1. The predicted octanol–water partition coefficient (Wildman–Crippen LogP) is 2.34. The zero-order chi connectivity index (χ0) is 16.2. The molecule has 1 N–H and O–H groups in total. The maximum Gasteiger partial charge on any atom is 0.261 e. The predicted molar refractivity (Wildman–Crippen MR) is 90.7 cm³/mol. The van der Waals surface area contributed by atoms with Crippen molar-refractivity contribution in [3.05, 3.63) is 62.8 Å². The lowest BCUT2D eigenvalue weighted by Gasteiger charge is -2.15. The molecule has 0 amide bonds. The standard InChI is InChI=1S/C17H18N2O3S/c1-12-18-16-7-3-2-6-15(16)17(21)19(12)9-13(20)10-22-11-14-5-4-8-23-14/h2-8,13,20H,9-11H2,1H3/t13-/m0/s1. The minimum atomic E-state index is -0.755. The molecule has 0 aliphatic heterocycles. The molecule has 2 heterocycles. The van der Waals surface area contributed by atoms with Gasteiger partial charge in [-0.15, -0.1) is 11.3 Å². The number of fused-ring (bicyclic) bond motifs is 1. The number of thiophene rings is 1. The van der Waals surface area contributed by atoms with Crippen LogP contribution in [0.25, 0.3) is 10.9 Å². The molecule has 1 aromatic carbocycles. The van der Waals surface area contributed by atoms with Crippen LogP contribution in [0.1, 0.15) is 10.7 Å². The van der Waals surface area contributed by atoms with Gasteiger partial charge in [0, 0.05) is 4.88 Å². The third-order valence-electron chi connectivity index (χ3n) is 3.58. The molecule has 0 aliphatic rings. The average Bonchev–Trinajstić information content (AvgIpc) is 3.05. The monoisotopic (exact) mass is 330 g/mol. The van der Waals surface area contributed by atoms with Gasteiger partial charge in [0.25, 0.3) is 5.56 Å². The summed E-state index contributed by atoms with van der Waals surface area (Å²) in [5.74, 6) is 0.589. The van der Waals surface area contributed by atoms with Crippen molar-refractivity contribution in [2.45, 2.75) is 26.2 Å². The summed E-state index contributed by atoms with van der Waals surface area (Å²) in [5.41, 5.74) is 0.542. The molecule has 0 radical (unpaired) electrons. The highest BCUT2D eigenvalue weighted by molar-refractivity contribution is 7.09. The lowest BCUT2D eigenvalue weighted by atomic mass is 10.2. The number of aliphatic hydroxyl groups is 1. The van der Waals surface area contributed by atoms with Crippen LogP contribution >= 0.6 is 11.3 Å². The van der Waals surface area contributed by atoms with Crippen molar-refractivity contribution in [3.63, 3.8) is 0 Å². The molecule has 6 heteroatoms. The van der Waals surface area contributed by atoms with E-state index in [1.54, 1.807) is 24.3 Å². The summed E-state index contributed by atoms with van der Waals surface area (Å²) in [6.07, 6.45) is -0.755. The topological polar surface area (TPSA) is 64.4 Å². The quantitative estimate of drug-likeness (QED) is 0.753. The van der Waals surface area contributed by atoms with E-state index in [-0.39, 0.29) is 18.7 Å². The summed E-state index contributed by atoms with van der Waals surface area (Å²) >= 11 is 1.61. The van der Waals surface area contributed by atoms with E-state index in [2.05, 4.69) is 4.98 Å². The van der Waals surface area contributed by atoms with Gasteiger partial charge in [0.05, 0.1) is 36.8 Å². The number of benzene rings is 1. The molecule has 1 atom stereocenters. The zero-order valence-corrected chi connectivity index (χ0v) is 13.6. The van der Waals surface area contributed by atoms with Crippen LogP contribution < -0.4 is 5.56 Å². The maximum absolute atomic E-state index is 12.5. The van der Waals surface area contributed by atoms with Gasteiger partial charge < -0.3 is 9.84 Å².